The number of benzene rings is 2. The summed E-state index contributed by atoms with van der Waals surface area (Å²) < 4.78 is 10.5. The van der Waals surface area contributed by atoms with Crippen LogP contribution in [0, 0.1) is 0 Å². The zero-order valence-corrected chi connectivity index (χ0v) is 20.2. The van der Waals surface area contributed by atoms with Crippen molar-refractivity contribution in [2.75, 3.05) is 13.7 Å². The van der Waals surface area contributed by atoms with E-state index in [-0.39, 0.29) is 25.4 Å². The van der Waals surface area contributed by atoms with E-state index in [0.717, 1.165) is 11.1 Å². The number of hydrogen-bond acceptors (Lipinski definition) is 6. The molecule has 1 saturated heterocycles. The summed E-state index contributed by atoms with van der Waals surface area (Å²) in [5, 5.41) is 2.88. The van der Waals surface area contributed by atoms with Crippen LogP contribution < -0.4 is 5.32 Å². The maximum absolute atomic E-state index is 14.1. The summed E-state index contributed by atoms with van der Waals surface area (Å²) in [5.41, 5.74) is 1.16. The van der Waals surface area contributed by atoms with Gasteiger partial charge < -0.3 is 24.7 Å². The number of nitrogens with one attached hydrogen (secondary N) is 2. The molecule has 0 unspecified atom stereocenters. The van der Waals surface area contributed by atoms with Gasteiger partial charge in [-0.05, 0) is 24.0 Å². The maximum Gasteiger partial charge on any atom is 0.408 e. The second kappa shape index (κ2) is 11.5. The van der Waals surface area contributed by atoms with Crippen LogP contribution in [0.1, 0.15) is 29.7 Å². The van der Waals surface area contributed by atoms with E-state index in [9.17, 15) is 14.4 Å². The van der Waals surface area contributed by atoms with Crippen LogP contribution in [0.2, 0.25) is 0 Å². The molecule has 1 aromatic heterocycles. The molecule has 0 spiro atoms. The third-order valence-electron chi connectivity index (χ3n) is 6.39. The first-order chi connectivity index (χ1) is 17.5. The number of nitrogens with zero attached hydrogens (tertiary/aromatic N) is 2. The summed E-state index contributed by atoms with van der Waals surface area (Å²) >= 11 is 0. The second-order valence-electron chi connectivity index (χ2n) is 8.85. The lowest BCUT2D eigenvalue weighted by molar-refractivity contribution is -0.157. The van der Waals surface area contributed by atoms with Crippen molar-refractivity contribution in [1.82, 2.24) is 20.2 Å². The molecule has 2 amide bonds. The van der Waals surface area contributed by atoms with E-state index >= 15 is 0 Å². The van der Waals surface area contributed by atoms with Crippen molar-refractivity contribution in [3.8, 4) is 0 Å². The number of imidazole rings is 1. The highest BCUT2D eigenvalue weighted by Crippen LogP contribution is 2.29. The molecule has 2 heterocycles. The number of piperidine rings is 1. The first-order valence-corrected chi connectivity index (χ1v) is 11.9. The number of amides is 2. The summed E-state index contributed by atoms with van der Waals surface area (Å²) in [4.78, 5) is 48.3. The Balaban J connectivity index is 1.59. The van der Waals surface area contributed by atoms with Crippen LogP contribution in [0.5, 0.6) is 0 Å². The monoisotopic (exact) mass is 490 g/mol. The molecular weight excluding hydrogens is 460 g/mol. The Labute approximate surface area is 209 Å². The predicted molar refractivity (Wildman–Crippen MR) is 132 cm³/mol. The van der Waals surface area contributed by atoms with Gasteiger partial charge in [0, 0.05) is 31.3 Å². The lowest BCUT2D eigenvalue weighted by Crippen LogP contribution is -2.66. The van der Waals surface area contributed by atoms with E-state index in [1.54, 1.807) is 6.20 Å². The van der Waals surface area contributed by atoms with E-state index in [1.165, 1.54) is 18.3 Å². The standard InChI is InChI=1S/C27H30N4O5/c1-35-24(32)23(15-22-17-28-19-29-22)31-14-8-13-27(25(31)33,16-20-9-4-2-5-10-20)30-26(34)36-18-21-11-6-3-7-12-21/h2-7,9-12,17,19,23H,8,13-16,18H2,1H3,(H,28,29)(H,30,34)/t23-,27+/m0/s1. The Bertz CT molecular complexity index is 1150. The number of carbonyl (C=O) groups excluding carboxylic acids is 3. The number of ether oxygens (including phenoxy) is 2. The molecule has 9 heteroatoms. The van der Waals surface area contributed by atoms with Gasteiger partial charge in [0.05, 0.1) is 13.4 Å². The fourth-order valence-electron chi connectivity index (χ4n) is 4.62. The Morgan fingerprint density at radius 3 is 2.44 bits per heavy atom. The molecule has 1 aliphatic heterocycles. The highest BCUT2D eigenvalue weighted by molar-refractivity contribution is 5.94. The molecule has 36 heavy (non-hydrogen) atoms. The zero-order valence-electron chi connectivity index (χ0n) is 20.2. The predicted octanol–water partition coefficient (Wildman–Crippen LogP) is 3.02. The lowest BCUT2D eigenvalue weighted by atomic mass is 9.81. The minimum atomic E-state index is -1.27. The number of esters is 1. The molecule has 0 bridgehead atoms. The average molecular weight is 491 g/mol. The number of alkyl carbamates (subject to hydrolysis) is 1. The first-order valence-electron chi connectivity index (χ1n) is 11.9. The Morgan fingerprint density at radius 1 is 1.11 bits per heavy atom. The Morgan fingerprint density at radius 2 is 1.81 bits per heavy atom. The summed E-state index contributed by atoms with van der Waals surface area (Å²) in [6.07, 6.45) is 3.93. The molecule has 4 rings (SSSR count). The number of H-pyrrole nitrogens is 1. The Kier molecular flexibility index (Phi) is 7.99. The molecule has 0 radical (unpaired) electrons. The van der Waals surface area contributed by atoms with Gasteiger partial charge in [0.1, 0.15) is 18.2 Å². The van der Waals surface area contributed by atoms with E-state index in [0.29, 0.717) is 25.1 Å². The van der Waals surface area contributed by atoms with Crippen molar-refractivity contribution < 1.29 is 23.9 Å². The van der Waals surface area contributed by atoms with Crippen LogP contribution in [0.15, 0.2) is 73.2 Å². The number of carbonyl (C=O) groups is 3. The van der Waals surface area contributed by atoms with Crippen LogP contribution in [0.25, 0.3) is 0 Å². The van der Waals surface area contributed by atoms with Gasteiger partial charge in [-0.15, -0.1) is 0 Å². The maximum atomic E-state index is 14.1. The highest BCUT2D eigenvalue weighted by atomic mass is 16.5. The minimum absolute atomic E-state index is 0.0800. The molecule has 2 N–H and O–H groups in total. The van der Waals surface area contributed by atoms with Crippen molar-refractivity contribution in [1.29, 1.82) is 0 Å². The van der Waals surface area contributed by atoms with Gasteiger partial charge in [0.25, 0.3) is 0 Å². The molecule has 188 valence electrons. The van der Waals surface area contributed by atoms with Gasteiger partial charge in [-0.3, -0.25) is 4.79 Å². The van der Waals surface area contributed by atoms with E-state index in [2.05, 4.69) is 15.3 Å². The summed E-state index contributed by atoms with van der Waals surface area (Å²) in [5.74, 6) is -0.871. The topological polar surface area (TPSA) is 114 Å². The minimum Gasteiger partial charge on any atom is -0.467 e. The van der Waals surface area contributed by atoms with Gasteiger partial charge in [0.2, 0.25) is 5.91 Å². The largest absolute Gasteiger partial charge is 0.467 e. The summed E-state index contributed by atoms with van der Waals surface area (Å²) in [6, 6.07) is 18.0. The molecular formula is C27H30N4O5. The van der Waals surface area contributed by atoms with Crippen LogP contribution in [0.4, 0.5) is 4.79 Å². The lowest BCUT2D eigenvalue weighted by Gasteiger charge is -2.44. The van der Waals surface area contributed by atoms with Gasteiger partial charge in [0.15, 0.2) is 0 Å². The van der Waals surface area contributed by atoms with Crippen molar-refractivity contribution in [3.05, 3.63) is 90.0 Å². The highest BCUT2D eigenvalue weighted by Gasteiger charge is 2.48. The number of hydrogen-bond donors (Lipinski definition) is 2. The molecule has 2 atom stereocenters. The van der Waals surface area contributed by atoms with Crippen molar-refractivity contribution in [2.24, 2.45) is 0 Å². The molecule has 3 aromatic rings. The van der Waals surface area contributed by atoms with Crippen LogP contribution in [-0.2, 0) is 38.5 Å². The Hall–Kier alpha value is -4.14. The quantitative estimate of drug-likeness (QED) is 0.446. The van der Waals surface area contributed by atoms with Gasteiger partial charge in [-0.2, -0.15) is 0 Å². The third-order valence-corrected chi connectivity index (χ3v) is 6.39. The zero-order chi connectivity index (χ0) is 25.4. The van der Waals surface area contributed by atoms with Crippen LogP contribution >= 0.6 is 0 Å². The number of aromatic nitrogens is 2. The molecule has 1 fully saturated rings. The van der Waals surface area contributed by atoms with Crippen molar-refractivity contribution >= 4 is 18.0 Å². The van der Waals surface area contributed by atoms with E-state index in [1.807, 2.05) is 60.7 Å². The van der Waals surface area contributed by atoms with E-state index < -0.39 is 23.6 Å². The fourth-order valence-corrected chi connectivity index (χ4v) is 4.62. The van der Waals surface area contributed by atoms with Crippen LogP contribution in [-0.4, -0.2) is 58.1 Å². The van der Waals surface area contributed by atoms with E-state index in [4.69, 9.17) is 9.47 Å². The summed E-state index contributed by atoms with van der Waals surface area (Å²) in [7, 11) is 1.30. The van der Waals surface area contributed by atoms with Gasteiger partial charge in [-0.1, -0.05) is 60.7 Å². The number of aromatic amines is 1. The number of methoxy groups -OCH3 is 1. The van der Waals surface area contributed by atoms with Crippen molar-refractivity contribution in [3.63, 3.8) is 0 Å². The van der Waals surface area contributed by atoms with Gasteiger partial charge in [-0.25, -0.2) is 14.6 Å². The molecule has 1 aliphatic rings. The molecule has 0 aliphatic carbocycles. The number of likely N-dealkylation sites (tertiary alicyclic amines) is 1. The second-order valence-corrected chi connectivity index (χ2v) is 8.85. The SMILES string of the molecule is COC(=O)[C@H](Cc1cnc[nH]1)N1CCC[C@](Cc2ccccc2)(NC(=O)OCc2ccccc2)C1=O. The third kappa shape index (κ3) is 5.91. The van der Waals surface area contributed by atoms with Crippen molar-refractivity contribution in [2.45, 2.75) is 43.9 Å². The number of rotatable bonds is 9. The smallest absolute Gasteiger partial charge is 0.408 e. The molecule has 0 saturated carbocycles. The fraction of sp³-hybridized carbons (Fsp3) is 0.333. The van der Waals surface area contributed by atoms with Gasteiger partial charge >= 0.3 is 12.1 Å². The van der Waals surface area contributed by atoms with Crippen LogP contribution in [0.3, 0.4) is 0 Å². The molecule has 2 aromatic carbocycles. The first kappa shape index (κ1) is 25.0. The normalized spacial score (nSPS) is 18.4. The summed E-state index contributed by atoms with van der Waals surface area (Å²) in [6.45, 7) is 0.445. The average Bonchev–Trinajstić information content (AvgIpc) is 3.42. The molecule has 9 nitrogen and oxygen atoms in total.